The summed E-state index contributed by atoms with van der Waals surface area (Å²) in [6.45, 7) is 1.03. The lowest BCUT2D eigenvalue weighted by molar-refractivity contribution is -0.149. The number of aromatic nitrogens is 1. The maximum atomic E-state index is 14.1. The van der Waals surface area contributed by atoms with Crippen molar-refractivity contribution in [1.82, 2.24) is 15.2 Å². The number of likely N-dealkylation sites (tertiary alicyclic amines) is 1. The standard InChI is InChI=1S/C29H38F2N4O9/c1-15(2)22(32)24-23(26(36)35-13-18(33-29(38)40-4)12-19(35)27(37)41-10-9-39-3)34-25(44-24)17-7-8-20(43-28(30)31)21(11-17)42-14-16-5-6-16/h7-8,11,15-16,18-19,22,28H,5-6,9-10,12-14,32H2,1-4H3,(H,33,38)/t18?,19?,22-/m0/s1. The predicted octanol–water partition coefficient (Wildman–Crippen LogP) is 3.52. The fourth-order valence-electron chi connectivity index (χ4n) is 4.65. The number of halogens is 2. The van der Waals surface area contributed by atoms with E-state index in [1.54, 1.807) is 0 Å². The average molecular weight is 625 g/mol. The Morgan fingerprint density at radius 1 is 1.16 bits per heavy atom. The molecule has 13 nitrogen and oxygen atoms in total. The molecule has 0 bridgehead atoms. The van der Waals surface area contributed by atoms with Gasteiger partial charge >= 0.3 is 18.7 Å². The van der Waals surface area contributed by atoms with Crippen LogP contribution in [-0.4, -0.2) is 87.1 Å². The van der Waals surface area contributed by atoms with Gasteiger partial charge in [-0.15, -0.1) is 0 Å². The van der Waals surface area contributed by atoms with Gasteiger partial charge in [-0.1, -0.05) is 13.8 Å². The second-order valence-electron chi connectivity index (χ2n) is 11.0. The molecule has 2 aliphatic rings. The molecule has 44 heavy (non-hydrogen) atoms. The Morgan fingerprint density at radius 3 is 2.55 bits per heavy atom. The minimum Gasteiger partial charge on any atom is -0.489 e. The number of methoxy groups -OCH3 is 2. The lowest BCUT2D eigenvalue weighted by Gasteiger charge is -2.23. The van der Waals surface area contributed by atoms with Crippen LogP contribution in [0.2, 0.25) is 0 Å². The van der Waals surface area contributed by atoms with Gasteiger partial charge in [0.2, 0.25) is 5.89 Å². The molecular formula is C29H38F2N4O9. The summed E-state index contributed by atoms with van der Waals surface area (Å²) in [6.07, 6.45) is 1.32. The van der Waals surface area contributed by atoms with Crippen LogP contribution in [0.5, 0.6) is 11.5 Å². The topological polar surface area (TPSA) is 165 Å². The molecule has 3 atom stereocenters. The molecule has 2 amide bonds. The Morgan fingerprint density at radius 2 is 1.91 bits per heavy atom. The van der Waals surface area contributed by atoms with Crippen LogP contribution in [0.25, 0.3) is 11.5 Å². The SMILES string of the molecule is COCCOC(=O)C1CC(NC(=O)OC)CN1C(=O)c1nc(-c2ccc(OC(F)F)c(OCC3CC3)c2)oc1[C@@H](N)C(C)C. The van der Waals surface area contributed by atoms with Gasteiger partial charge in [0.05, 0.1) is 32.4 Å². The highest BCUT2D eigenvalue weighted by Crippen LogP contribution is 2.38. The number of esters is 1. The van der Waals surface area contributed by atoms with Crippen molar-refractivity contribution in [2.75, 3.05) is 40.6 Å². The smallest absolute Gasteiger partial charge is 0.407 e. The average Bonchev–Trinajstić information content (AvgIpc) is 3.56. The molecule has 1 aromatic heterocycles. The van der Waals surface area contributed by atoms with Crippen molar-refractivity contribution in [1.29, 1.82) is 0 Å². The highest BCUT2D eigenvalue weighted by atomic mass is 19.3. The number of rotatable bonds is 14. The molecule has 1 aliphatic carbocycles. The van der Waals surface area contributed by atoms with Crippen LogP contribution in [0, 0.1) is 11.8 Å². The number of alkyl carbamates (subject to hydrolysis) is 1. The van der Waals surface area contributed by atoms with E-state index in [9.17, 15) is 23.2 Å². The second-order valence-corrected chi connectivity index (χ2v) is 11.0. The Balaban J connectivity index is 1.68. The van der Waals surface area contributed by atoms with Gasteiger partial charge in [0, 0.05) is 25.6 Å². The van der Waals surface area contributed by atoms with Gasteiger partial charge < -0.3 is 44.1 Å². The first-order valence-electron chi connectivity index (χ1n) is 14.3. The molecule has 242 valence electrons. The summed E-state index contributed by atoms with van der Waals surface area (Å²) < 4.78 is 57.5. The normalized spacial score (nSPS) is 18.8. The van der Waals surface area contributed by atoms with Crippen molar-refractivity contribution in [3.8, 4) is 23.0 Å². The number of nitrogens with one attached hydrogen (secondary N) is 1. The number of oxazole rings is 1. The van der Waals surface area contributed by atoms with Crippen molar-refractivity contribution in [2.45, 2.75) is 57.8 Å². The third kappa shape index (κ3) is 8.14. The number of ether oxygens (including phenoxy) is 5. The number of nitrogens with zero attached hydrogens (tertiary/aromatic N) is 2. The molecule has 0 radical (unpaired) electrons. The van der Waals surface area contributed by atoms with Crippen LogP contribution in [0.15, 0.2) is 22.6 Å². The van der Waals surface area contributed by atoms with E-state index in [1.807, 2.05) is 13.8 Å². The maximum absolute atomic E-state index is 14.1. The zero-order valence-corrected chi connectivity index (χ0v) is 25.0. The van der Waals surface area contributed by atoms with Gasteiger partial charge in [0.25, 0.3) is 5.91 Å². The fourth-order valence-corrected chi connectivity index (χ4v) is 4.65. The second kappa shape index (κ2) is 14.7. The van der Waals surface area contributed by atoms with Crippen LogP contribution in [0.1, 0.15) is 55.4 Å². The molecule has 1 aliphatic heterocycles. The highest BCUT2D eigenvalue weighted by Gasteiger charge is 2.44. The van der Waals surface area contributed by atoms with E-state index in [-0.39, 0.29) is 60.9 Å². The molecule has 1 saturated carbocycles. The summed E-state index contributed by atoms with van der Waals surface area (Å²) in [5.74, 6) is -1.21. The van der Waals surface area contributed by atoms with Crippen molar-refractivity contribution in [2.24, 2.45) is 17.6 Å². The van der Waals surface area contributed by atoms with Gasteiger partial charge in [-0.05, 0) is 42.9 Å². The van der Waals surface area contributed by atoms with Crippen LogP contribution in [0.4, 0.5) is 13.6 Å². The minimum atomic E-state index is -3.06. The van der Waals surface area contributed by atoms with Crippen molar-refractivity contribution in [3.05, 3.63) is 29.7 Å². The summed E-state index contributed by atoms with van der Waals surface area (Å²) in [6, 6.07) is 1.78. The number of hydrogen-bond acceptors (Lipinski definition) is 11. The summed E-state index contributed by atoms with van der Waals surface area (Å²) in [7, 11) is 2.66. The number of nitrogens with two attached hydrogens (primary N) is 1. The molecule has 15 heteroatoms. The third-order valence-corrected chi connectivity index (χ3v) is 7.33. The van der Waals surface area contributed by atoms with Gasteiger partial charge in [-0.25, -0.2) is 14.6 Å². The first kappa shape index (κ1) is 32.9. The van der Waals surface area contributed by atoms with Crippen LogP contribution < -0.4 is 20.5 Å². The molecule has 1 aromatic carbocycles. The van der Waals surface area contributed by atoms with Gasteiger partial charge in [0.15, 0.2) is 23.0 Å². The Kier molecular flexibility index (Phi) is 11.0. The molecule has 3 N–H and O–H groups in total. The zero-order chi connectivity index (χ0) is 32.0. The van der Waals surface area contributed by atoms with Crippen LogP contribution in [-0.2, 0) is 19.0 Å². The summed E-state index contributed by atoms with van der Waals surface area (Å²) >= 11 is 0. The zero-order valence-electron chi connectivity index (χ0n) is 25.0. The monoisotopic (exact) mass is 624 g/mol. The third-order valence-electron chi connectivity index (χ3n) is 7.33. The number of amides is 2. The van der Waals surface area contributed by atoms with Crippen molar-refractivity contribution < 1.29 is 51.3 Å². The number of alkyl halides is 2. The lowest BCUT2D eigenvalue weighted by Crippen LogP contribution is -2.43. The Labute approximate surface area is 253 Å². The van der Waals surface area contributed by atoms with E-state index in [4.69, 9.17) is 24.4 Å². The number of carbonyl (C=O) groups excluding carboxylic acids is 3. The van der Waals surface area contributed by atoms with Gasteiger partial charge in [-0.3, -0.25) is 4.79 Å². The molecular weight excluding hydrogens is 586 g/mol. The summed E-state index contributed by atoms with van der Waals surface area (Å²) in [4.78, 5) is 44.7. The molecule has 2 unspecified atom stereocenters. The largest absolute Gasteiger partial charge is 0.489 e. The van der Waals surface area contributed by atoms with E-state index in [1.165, 1.54) is 37.3 Å². The molecule has 0 spiro atoms. The highest BCUT2D eigenvalue weighted by molar-refractivity contribution is 5.97. The summed E-state index contributed by atoms with van der Waals surface area (Å²) in [5, 5.41) is 2.62. The van der Waals surface area contributed by atoms with Crippen LogP contribution >= 0.6 is 0 Å². The van der Waals surface area contributed by atoms with E-state index < -0.39 is 42.7 Å². The maximum Gasteiger partial charge on any atom is 0.407 e. The molecule has 4 rings (SSSR count). The molecule has 2 heterocycles. The van der Waals surface area contributed by atoms with Crippen molar-refractivity contribution in [3.63, 3.8) is 0 Å². The van der Waals surface area contributed by atoms with Gasteiger partial charge in [-0.2, -0.15) is 8.78 Å². The van der Waals surface area contributed by atoms with Crippen LogP contribution in [0.3, 0.4) is 0 Å². The first-order chi connectivity index (χ1) is 21.0. The molecule has 2 aromatic rings. The fraction of sp³-hybridized carbons (Fsp3) is 0.586. The lowest BCUT2D eigenvalue weighted by atomic mass is 10.0. The van der Waals surface area contributed by atoms with E-state index in [0.29, 0.717) is 18.1 Å². The quantitative estimate of drug-likeness (QED) is 0.233. The Bertz CT molecular complexity index is 1320. The molecule has 2 fully saturated rings. The minimum absolute atomic E-state index is 0.0121. The molecule has 1 saturated heterocycles. The van der Waals surface area contributed by atoms with E-state index in [2.05, 4.69) is 19.8 Å². The van der Waals surface area contributed by atoms with Gasteiger partial charge in [0.1, 0.15) is 12.6 Å². The summed E-state index contributed by atoms with van der Waals surface area (Å²) in [5.41, 5.74) is 6.63. The Hall–Kier alpha value is -3.98. The number of benzene rings is 1. The number of hydrogen-bond donors (Lipinski definition) is 2. The first-order valence-corrected chi connectivity index (χ1v) is 14.3. The van der Waals surface area contributed by atoms with E-state index in [0.717, 1.165) is 12.8 Å². The predicted molar refractivity (Wildman–Crippen MR) is 150 cm³/mol. The van der Waals surface area contributed by atoms with Crippen molar-refractivity contribution >= 4 is 18.0 Å². The number of carbonyl (C=O) groups is 3. The van der Waals surface area contributed by atoms with E-state index >= 15 is 0 Å².